The molecule has 68 heavy (non-hydrogen) atoms. The van der Waals surface area contributed by atoms with Crippen LogP contribution in [0.25, 0.3) is 21.8 Å². The van der Waals surface area contributed by atoms with Crippen molar-refractivity contribution in [1.82, 2.24) is 29.6 Å². The molecule has 0 aliphatic carbocycles. The van der Waals surface area contributed by atoms with Gasteiger partial charge < -0.3 is 19.3 Å². The number of amides is 2. The van der Waals surface area contributed by atoms with Gasteiger partial charge in [0.05, 0.1) is 23.2 Å². The molecule has 4 aromatic carbocycles. The molecule has 2 N–H and O–H groups in total. The Hall–Kier alpha value is -6.02. The number of benzene rings is 4. The summed E-state index contributed by atoms with van der Waals surface area (Å²) < 4.78 is 68.6. The number of rotatable bonds is 12. The van der Waals surface area contributed by atoms with Gasteiger partial charge in [-0.2, -0.15) is 0 Å². The number of fused-ring (bicyclic) bond motifs is 2. The van der Waals surface area contributed by atoms with Crippen molar-refractivity contribution in [3.8, 4) is 0 Å². The number of aromatic nitrogens is 2. The van der Waals surface area contributed by atoms with Gasteiger partial charge in [0.2, 0.25) is 0 Å². The molecule has 2 aromatic heterocycles. The minimum absolute atomic E-state index is 0.0376. The van der Waals surface area contributed by atoms with E-state index in [2.05, 4.69) is 29.2 Å². The summed E-state index contributed by atoms with van der Waals surface area (Å²) >= 11 is 0. The molecular formula is C50H56N8O8S2. The molecule has 4 aliphatic heterocycles. The summed E-state index contributed by atoms with van der Waals surface area (Å²) in [6, 6.07) is 30.5. The average molecular weight is 961 g/mol. The molecular weight excluding hydrogens is 905 g/mol. The summed E-state index contributed by atoms with van der Waals surface area (Å²) in [4.78, 5) is 43.0. The van der Waals surface area contributed by atoms with E-state index in [0.29, 0.717) is 71.9 Å². The first-order valence-corrected chi connectivity index (χ1v) is 26.2. The lowest BCUT2D eigenvalue weighted by atomic mass is 10.1. The maximum Gasteiger partial charge on any atom is 0.264 e. The van der Waals surface area contributed by atoms with Crippen LogP contribution in [0.4, 0.5) is 11.4 Å². The monoisotopic (exact) mass is 960 g/mol. The van der Waals surface area contributed by atoms with Gasteiger partial charge in [0.25, 0.3) is 31.9 Å². The first kappa shape index (κ1) is 47.1. The fraction of sp³-hybridized carbons (Fsp3) is 0.360. The highest BCUT2D eigenvalue weighted by Gasteiger charge is 2.28. The van der Waals surface area contributed by atoms with Gasteiger partial charge in [0, 0.05) is 124 Å². The molecule has 0 spiro atoms. The summed E-state index contributed by atoms with van der Waals surface area (Å²) in [5, 5.41) is 1.50. The van der Waals surface area contributed by atoms with Crippen molar-refractivity contribution in [2.45, 2.75) is 47.7 Å². The molecule has 6 aromatic rings. The van der Waals surface area contributed by atoms with E-state index in [4.69, 9.17) is 9.47 Å². The number of para-hydroxylation sites is 2. The van der Waals surface area contributed by atoms with Gasteiger partial charge in [-0.25, -0.2) is 16.8 Å². The number of ether oxygens (including phenoxy) is 2. The Labute approximate surface area is 397 Å². The van der Waals surface area contributed by atoms with Crippen LogP contribution >= 0.6 is 0 Å². The van der Waals surface area contributed by atoms with E-state index in [-0.39, 0.29) is 21.6 Å². The van der Waals surface area contributed by atoms with Crippen LogP contribution in [-0.2, 0) is 29.5 Å². The number of hydrogen-bond donors (Lipinski definition) is 2. The Morgan fingerprint density at radius 2 is 0.897 bits per heavy atom. The van der Waals surface area contributed by atoms with Crippen molar-refractivity contribution >= 4 is 65.0 Å². The second-order valence-corrected chi connectivity index (χ2v) is 20.8. The van der Waals surface area contributed by atoms with Crippen molar-refractivity contribution in [3.05, 3.63) is 133 Å². The fourth-order valence-corrected chi connectivity index (χ4v) is 11.6. The smallest absolute Gasteiger partial charge is 0.264 e. The Balaban J connectivity index is 0.000000170. The van der Waals surface area contributed by atoms with Crippen molar-refractivity contribution in [2.75, 3.05) is 88.1 Å². The summed E-state index contributed by atoms with van der Waals surface area (Å²) in [6.45, 7) is 9.62. The Morgan fingerprint density at radius 1 is 0.515 bits per heavy atom. The summed E-state index contributed by atoms with van der Waals surface area (Å²) in [6.07, 6.45) is 8.29. The molecule has 2 atom stereocenters. The van der Waals surface area contributed by atoms with Gasteiger partial charge in [-0.05, 0) is 98.5 Å². The lowest BCUT2D eigenvalue weighted by Gasteiger charge is -2.35. The molecule has 18 heteroatoms. The maximum atomic E-state index is 13.0. The highest BCUT2D eigenvalue weighted by atomic mass is 32.2. The van der Waals surface area contributed by atoms with Crippen molar-refractivity contribution in [3.63, 3.8) is 0 Å². The summed E-state index contributed by atoms with van der Waals surface area (Å²) in [7, 11) is -7.67. The maximum absolute atomic E-state index is 13.0. The minimum Gasteiger partial charge on any atom is -0.377 e. The van der Waals surface area contributed by atoms with Crippen LogP contribution in [0.5, 0.6) is 0 Å². The van der Waals surface area contributed by atoms with Crippen molar-refractivity contribution in [1.29, 1.82) is 0 Å². The van der Waals surface area contributed by atoms with E-state index in [1.54, 1.807) is 85.2 Å². The zero-order valence-corrected chi connectivity index (χ0v) is 39.4. The van der Waals surface area contributed by atoms with Crippen LogP contribution < -0.4 is 9.44 Å². The predicted octanol–water partition coefficient (Wildman–Crippen LogP) is 5.94. The number of pyridine rings is 2. The topological polar surface area (TPSA) is 184 Å². The van der Waals surface area contributed by atoms with Crippen LogP contribution in [0.1, 0.15) is 46.4 Å². The molecule has 0 saturated carbocycles. The first-order chi connectivity index (χ1) is 33.0. The van der Waals surface area contributed by atoms with Crippen LogP contribution in [0.2, 0.25) is 0 Å². The van der Waals surface area contributed by atoms with E-state index < -0.39 is 20.0 Å². The molecule has 0 radical (unpaired) electrons. The largest absolute Gasteiger partial charge is 0.377 e. The number of carbonyl (C=O) groups is 2. The number of nitrogens with one attached hydrogen (secondary N) is 2. The molecule has 2 amide bonds. The van der Waals surface area contributed by atoms with Gasteiger partial charge in [0.15, 0.2) is 0 Å². The Morgan fingerprint density at radius 3 is 1.26 bits per heavy atom. The molecule has 6 heterocycles. The zero-order chi connectivity index (χ0) is 47.1. The number of hydrogen-bond acceptors (Lipinski definition) is 12. The van der Waals surface area contributed by atoms with Gasteiger partial charge in [-0.15, -0.1) is 0 Å². The zero-order valence-electron chi connectivity index (χ0n) is 37.8. The lowest BCUT2D eigenvalue weighted by Crippen LogP contribution is -2.50. The molecule has 0 unspecified atom stereocenters. The molecule has 10 rings (SSSR count). The van der Waals surface area contributed by atoms with E-state index in [0.717, 1.165) is 88.9 Å². The third-order valence-electron chi connectivity index (χ3n) is 12.8. The highest BCUT2D eigenvalue weighted by molar-refractivity contribution is 7.93. The molecule has 4 aliphatic rings. The summed E-state index contributed by atoms with van der Waals surface area (Å²) in [5.74, 6) is -0.0751. The van der Waals surface area contributed by atoms with E-state index >= 15 is 0 Å². The highest BCUT2D eigenvalue weighted by Crippen LogP contribution is 2.26. The molecule has 356 valence electrons. The predicted molar refractivity (Wildman–Crippen MR) is 261 cm³/mol. The average Bonchev–Trinajstić information content (AvgIpc) is 4.09. The van der Waals surface area contributed by atoms with Crippen LogP contribution in [0.15, 0.2) is 131 Å². The molecule has 16 nitrogen and oxygen atoms in total. The lowest BCUT2D eigenvalue weighted by molar-refractivity contribution is 0.0427. The molecule has 4 fully saturated rings. The second kappa shape index (κ2) is 21.1. The van der Waals surface area contributed by atoms with Crippen LogP contribution in [-0.4, -0.2) is 149 Å². The fourth-order valence-electron chi connectivity index (χ4n) is 9.15. The van der Waals surface area contributed by atoms with E-state index in [1.165, 1.54) is 12.1 Å². The van der Waals surface area contributed by atoms with Gasteiger partial charge >= 0.3 is 0 Å². The molecule has 4 saturated heterocycles. The number of anilines is 2. The van der Waals surface area contributed by atoms with E-state index in [1.807, 2.05) is 34.1 Å². The quantitative estimate of drug-likeness (QED) is 0.147. The Kier molecular flexibility index (Phi) is 14.6. The molecule has 0 bridgehead atoms. The van der Waals surface area contributed by atoms with E-state index in [9.17, 15) is 26.4 Å². The van der Waals surface area contributed by atoms with Crippen LogP contribution in [0.3, 0.4) is 0 Å². The standard InChI is InChI=1S/2C25H28N4O4S/c2*30-25(29-15-13-28(14-16-29)18-22-6-3-17-33-22)20-8-10-21(11-9-20)27-34(31,32)23-7-1-4-19-5-2-12-26-24(19)23/h2*1-2,4-5,7-12,22,27H,3,6,13-18H2/t2*22-/m10/s1. The first-order valence-electron chi connectivity index (χ1n) is 23.2. The normalized spacial score (nSPS) is 19.4. The number of nitrogens with zero attached hydrogens (tertiary/aromatic N) is 6. The Bertz CT molecular complexity index is 2720. The third kappa shape index (κ3) is 11.3. The van der Waals surface area contributed by atoms with Crippen molar-refractivity contribution in [2.24, 2.45) is 0 Å². The van der Waals surface area contributed by atoms with Gasteiger partial charge in [0.1, 0.15) is 9.79 Å². The third-order valence-corrected chi connectivity index (χ3v) is 15.7. The number of sulfonamides is 2. The minimum atomic E-state index is -3.83. The SMILES string of the molecule is O=C(c1ccc(NS(=O)(=O)c2cccc3cccnc23)cc1)N1CCN(C[C@@H]2CCCO2)CC1.O=C(c1ccc(NS(=O)(=O)c2cccc3cccnc23)cc1)N1CCN(C[C@H]2CCCO2)CC1. The number of carbonyl (C=O) groups excluding carboxylic acids is 2. The number of piperazine rings is 2. The van der Waals surface area contributed by atoms with Crippen molar-refractivity contribution < 1.29 is 35.9 Å². The van der Waals surface area contributed by atoms with Gasteiger partial charge in [-0.3, -0.25) is 38.8 Å². The van der Waals surface area contributed by atoms with Gasteiger partial charge in [-0.1, -0.05) is 36.4 Å². The summed E-state index contributed by atoms with van der Waals surface area (Å²) in [5.41, 5.74) is 2.72. The second-order valence-electron chi connectivity index (χ2n) is 17.5. The van der Waals surface area contributed by atoms with Crippen LogP contribution in [0, 0.1) is 0 Å².